The third-order valence-corrected chi connectivity index (χ3v) is 6.51. The first-order chi connectivity index (χ1) is 15.1. The third-order valence-electron chi connectivity index (χ3n) is 6.51. The van der Waals surface area contributed by atoms with Crippen molar-refractivity contribution in [3.63, 3.8) is 0 Å². The Balaban J connectivity index is 1.57. The van der Waals surface area contributed by atoms with Gasteiger partial charge < -0.3 is 14.4 Å². The summed E-state index contributed by atoms with van der Waals surface area (Å²) in [4.78, 5) is 29.2. The van der Waals surface area contributed by atoms with E-state index in [4.69, 9.17) is 9.47 Å². The van der Waals surface area contributed by atoms with Crippen LogP contribution in [0.5, 0.6) is 5.75 Å². The standard InChI is InChI=1S/C25H32N2O4/c1-3-4-7-12-27-17-31-23-21-9-6-5-8-20(21)19(15-22(23)24(27)28)16-26-13-10-18(11-14-26)25(29)30-2/h5-6,8-9,15,18H,3-4,7,10-14,16-17H2,1-2H3. The van der Waals surface area contributed by atoms with Crippen LogP contribution in [0.15, 0.2) is 30.3 Å². The van der Waals surface area contributed by atoms with Crippen molar-refractivity contribution in [1.82, 2.24) is 9.80 Å². The van der Waals surface area contributed by atoms with Gasteiger partial charge in [0.2, 0.25) is 0 Å². The molecule has 1 saturated heterocycles. The fourth-order valence-electron chi connectivity index (χ4n) is 4.69. The lowest BCUT2D eigenvalue weighted by molar-refractivity contribution is -0.147. The van der Waals surface area contributed by atoms with Gasteiger partial charge >= 0.3 is 5.97 Å². The second kappa shape index (κ2) is 9.69. The maximum absolute atomic E-state index is 13.2. The summed E-state index contributed by atoms with van der Waals surface area (Å²) in [7, 11) is 1.46. The SMILES string of the molecule is CCCCCN1COc2c(cc(CN3CCC(C(=O)OC)CC3)c3ccccc23)C1=O. The number of ether oxygens (including phenoxy) is 2. The zero-order valence-electron chi connectivity index (χ0n) is 18.6. The molecule has 6 nitrogen and oxygen atoms in total. The van der Waals surface area contributed by atoms with E-state index in [9.17, 15) is 9.59 Å². The Hall–Kier alpha value is -2.60. The van der Waals surface area contributed by atoms with Crippen LogP contribution in [0.2, 0.25) is 0 Å². The van der Waals surface area contributed by atoms with Crippen LogP contribution in [-0.2, 0) is 16.1 Å². The summed E-state index contributed by atoms with van der Waals surface area (Å²) in [5.74, 6) is 0.659. The zero-order chi connectivity index (χ0) is 21.8. The second-order valence-corrected chi connectivity index (χ2v) is 8.58. The number of hydrogen-bond acceptors (Lipinski definition) is 5. The molecule has 1 fully saturated rings. The summed E-state index contributed by atoms with van der Waals surface area (Å²) in [6, 6.07) is 10.2. The maximum atomic E-state index is 13.2. The number of esters is 1. The molecule has 0 aromatic heterocycles. The molecule has 31 heavy (non-hydrogen) atoms. The van der Waals surface area contributed by atoms with E-state index in [1.54, 1.807) is 0 Å². The summed E-state index contributed by atoms with van der Waals surface area (Å²) < 4.78 is 11.0. The zero-order valence-corrected chi connectivity index (χ0v) is 18.6. The molecule has 166 valence electrons. The first-order valence-electron chi connectivity index (χ1n) is 11.4. The number of benzene rings is 2. The summed E-state index contributed by atoms with van der Waals surface area (Å²) in [5, 5.41) is 2.13. The van der Waals surface area contributed by atoms with Crippen molar-refractivity contribution < 1.29 is 19.1 Å². The van der Waals surface area contributed by atoms with E-state index in [-0.39, 0.29) is 17.8 Å². The van der Waals surface area contributed by atoms with E-state index in [0.717, 1.165) is 74.6 Å². The van der Waals surface area contributed by atoms with E-state index in [2.05, 4.69) is 17.9 Å². The number of piperidine rings is 1. The van der Waals surface area contributed by atoms with Crippen LogP contribution in [0.4, 0.5) is 0 Å². The van der Waals surface area contributed by atoms with E-state index < -0.39 is 0 Å². The van der Waals surface area contributed by atoms with Gasteiger partial charge in [-0.05, 0) is 49.4 Å². The predicted octanol–water partition coefficient (Wildman–Crippen LogP) is 4.21. The van der Waals surface area contributed by atoms with Gasteiger partial charge in [0.05, 0.1) is 18.6 Å². The lowest BCUT2D eigenvalue weighted by Gasteiger charge is -2.32. The van der Waals surface area contributed by atoms with E-state index in [1.165, 1.54) is 7.11 Å². The first kappa shape index (κ1) is 21.6. The number of amides is 1. The largest absolute Gasteiger partial charge is 0.472 e. The molecule has 0 spiro atoms. The monoisotopic (exact) mass is 424 g/mol. The van der Waals surface area contributed by atoms with Gasteiger partial charge in [-0.3, -0.25) is 14.5 Å². The summed E-state index contributed by atoms with van der Waals surface area (Å²) in [5.41, 5.74) is 1.80. The molecule has 2 aliphatic heterocycles. The minimum absolute atomic E-state index is 0.00631. The van der Waals surface area contributed by atoms with Crippen LogP contribution in [0.1, 0.15) is 54.9 Å². The molecule has 2 aromatic rings. The van der Waals surface area contributed by atoms with Gasteiger partial charge in [0.25, 0.3) is 5.91 Å². The van der Waals surface area contributed by atoms with Crippen LogP contribution in [-0.4, -0.2) is 55.2 Å². The molecular weight excluding hydrogens is 392 g/mol. The van der Waals surface area contributed by atoms with Crippen LogP contribution in [0, 0.1) is 5.92 Å². The average molecular weight is 425 g/mol. The number of carbonyl (C=O) groups is 2. The van der Waals surface area contributed by atoms with Gasteiger partial charge in [-0.2, -0.15) is 0 Å². The highest BCUT2D eigenvalue weighted by Gasteiger charge is 2.30. The van der Waals surface area contributed by atoms with Crippen molar-refractivity contribution >= 4 is 22.6 Å². The van der Waals surface area contributed by atoms with Crippen molar-refractivity contribution in [2.45, 2.75) is 45.6 Å². The summed E-state index contributed by atoms with van der Waals surface area (Å²) in [6.07, 6.45) is 4.85. The first-order valence-corrected chi connectivity index (χ1v) is 11.4. The molecule has 6 heteroatoms. The van der Waals surface area contributed by atoms with E-state index >= 15 is 0 Å². The summed E-state index contributed by atoms with van der Waals surface area (Å²) >= 11 is 0. The molecule has 2 aliphatic rings. The van der Waals surface area contributed by atoms with Crippen molar-refractivity contribution in [2.24, 2.45) is 5.92 Å². The highest BCUT2D eigenvalue weighted by Crippen LogP contribution is 2.37. The maximum Gasteiger partial charge on any atom is 0.308 e. The summed E-state index contributed by atoms with van der Waals surface area (Å²) in [6.45, 7) is 5.66. The van der Waals surface area contributed by atoms with Crippen molar-refractivity contribution in [3.8, 4) is 5.75 Å². The molecule has 1 amide bonds. The smallest absolute Gasteiger partial charge is 0.308 e. The molecule has 4 rings (SSSR count). The number of nitrogens with zero attached hydrogens (tertiary/aromatic N) is 2. The van der Waals surface area contributed by atoms with E-state index in [0.29, 0.717) is 18.0 Å². The molecule has 0 N–H and O–H groups in total. The molecule has 0 unspecified atom stereocenters. The topological polar surface area (TPSA) is 59.1 Å². The fraction of sp³-hybridized carbons (Fsp3) is 0.520. The van der Waals surface area contributed by atoms with Gasteiger partial charge in [0, 0.05) is 18.5 Å². The molecule has 2 aromatic carbocycles. The van der Waals surface area contributed by atoms with Crippen LogP contribution in [0.25, 0.3) is 10.8 Å². The van der Waals surface area contributed by atoms with Gasteiger partial charge in [0.1, 0.15) is 5.75 Å². The Bertz CT molecular complexity index is 950. The van der Waals surface area contributed by atoms with Crippen LogP contribution < -0.4 is 4.74 Å². The van der Waals surface area contributed by atoms with Crippen molar-refractivity contribution in [3.05, 3.63) is 41.5 Å². The normalized spacial score (nSPS) is 17.5. The molecule has 0 radical (unpaired) electrons. The van der Waals surface area contributed by atoms with Gasteiger partial charge in [-0.25, -0.2) is 0 Å². The Kier molecular flexibility index (Phi) is 6.76. The second-order valence-electron chi connectivity index (χ2n) is 8.58. The Morgan fingerprint density at radius 3 is 2.61 bits per heavy atom. The Morgan fingerprint density at radius 2 is 1.90 bits per heavy atom. The fourth-order valence-corrected chi connectivity index (χ4v) is 4.69. The van der Waals surface area contributed by atoms with Crippen LogP contribution >= 0.6 is 0 Å². The molecule has 0 bridgehead atoms. The highest BCUT2D eigenvalue weighted by atomic mass is 16.5. The molecule has 2 heterocycles. The number of carbonyl (C=O) groups excluding carboxylic acids is 2. The Labute approximate surface area is 184 Å². The number of rotatable bonds is 7. The minimum atomic E-state index is -0.107. The molecule has 0 aliphatic carbocycles. The van der Waals surface area contributed by atoms with Crippen molar-refractivity contribution in [1.29, 1.82) is 0 Å². The minimum Gasteiger partial charge on any atom is -0.472 e. The highest BCUT2D eigenvalue weighted by molar-refractivity contribution is 6.05. The van der Waals surface area contributed by atoms with Gasteiger partial charge in [-0.15, -0.1) is 0 Å². The van der Waals surface area contributed by atoms with Gasteiger partial charge in [0.15, 0.2) is 6.73 Å². The number of hydrogen-bond donors (Lipinski definition) is 0. The molecule has 0 atom stereocenters. The van der Waals surface area contributed by atoms with E-state index in [1.807, 2.05) is 29.2 Å². The molecular formula is C25H32N2O4. The number of likely N-dealkylation sites (tertiary alicyclic amines) is 1. The Morgan fingerprint density at radius 1 is 1.16 bits per heavy atom. The average Bonchev–Trinajstić information content (AvgIpc) is 2.81. The predicted molar refractivity (Wildman–Crippen MR) is 120 cm³/mol. The molecule has 0 saturated carbocycles. The van der Waals surface area contributed by atoms with Crippen molar-refractivity contribution in [2.75, 3.05) is 33.5 Å². The third kappa shape index (κ3) is 4.54. The number of unbranched alkanes of at least 4 members (excludes halogenated alkanes) is 2. The number of methoxy groups -OCH3 is 1. The lowest BCUT2D eigenvalue weighted by Crippen LogP contribution is -2.39. The number of fused-ring (bicyclic) bond motifs is 3. The van der Waals surface area contributed by atoms with Gasteiger partial charge in [-0.1, -0.05) is 44.0 Å². The quantitative estimate of drug-likeness (QED) is 0.492. The van der Waals surface area contributed by atoms with Crippen LogP contribution in [0.3, 0.4) is 0 Å². The lowest BCUT2D eigenvalue weighted by atomic mass is 9.94.